The van der Waals surface area contributed by atoms with Crippen LogP contribution in [0.4, 0.5) is 5.69 Å². The molecule has 0 aliphatic heterocycles. The Morgan fingerprint density at radius 3 is 2.27 bits per heavy atom. The summed E-state index contributed by atoms with van der Waals surface area (Å²) in [5.74, 6) is 1.10. The van der Waals surface area contributed by atoms with Crippen molar-refractivity contribution in [2.24, 2.45) is 0 Å². The van der Waals surface area contributed by atoms with Gasteiger partial charge in [0.1, 0.15) is 11.1 Å². The number of carbonyl (C=O) groups excluding carboxylic acids is 1. The van der Waals surface area contributed by atoms with E-state index >= 15 is 0 Å². The van der Waals surface area contributed by atoms with E-state index in [4.69, 9.17) is 14.5 Å². The summed E-state index contributed by atoms with van der Waals surface area (Å²) < 4.78 is 10.9. The van der Waals surface area contributed by atoms with Crippen LogP contribution in [-0.2, 0) is 4.79 Å². The molecule has 37 heavy (non-hydrogen) atoms. The number of ether oxygens (including phenoxy) is 2. The zero-order chi connectivity index (χ0) is 26.4. The molecule has 0 radical (unpaired) electrons. The maximum Gasteiger partial charge on any atom is 0.234 e. The van der Waals surface area contributed by atoms with Crippen molar-refractivity contribution in [2.75, 3.05) is 25.3 Å². The van der Waals surface area contributed by atoms with E-state index in [2.05, 4.69) is 17.5 Å². The summed E-state index contributed by atoms with van der Waals surface area (Å²) in [4.78, 5) is 17.6. The zero-order valence-electron chi connectivity index (χ0n) is 21.2. The van der Waals surface area contributed by atoms with E-state index < -0.39 is 0 Å². The molecule has 4 aromatic rings. The van der Waals surface area contributed by atoms with Crippen LogP contribution in [-0.4, -0.2) is 30.9 Å². The largest absolute Gasteiger partial charge is 0.493 e. The van der Waals surface area contributed by atoms with Crippen LogP contribution < -0.4 is 14.8 Å². The van der Waals surface area contributed by atoms with Gasteiger partial charge in [-0.05, 0) is 60.9 Å². The smallest absolute Gasteiger partial charge is 0.234 e. The molecule has 1 N–H and O–H groups in total. The molecule has 6 nitrogen and oxygen atoms in total. The Labute approximate surface area is 221 Å². The molecule has 0 spiro atoms. The molecule has 0 saturated heterocycles. The fourth-order valence-corrected chi connectivity index (χ4v) is 4.90. The van der Waals surface area contributed by atoms with Gasteiger partial charge >= 0.3 is 0 Å². The number of nitriles is 1. The maximum atomic E-state index is 12.8. The summed E-state index contributed by atoms with van der Waals surface area (Å²) in [5.41, 5.74) is 6.41. The van der Waals surface area contributed by atoms with Crippen LogP contribution in [0.5, 0.6) is 11.5 Å². The number of nitrogens with zero attached hydrogens (tertiary/aromatic N) is 2. The molecule has 0 aliphatic carbocycles. The number of carbonyl (C=O) groups is 1. The highest BCUT2D eigenvalue weighted by molar-refractivity contribution is 8.00. The number of methoxy groups -OCH3 is 2. The van der Waals surface area contributed by atoms with E-state index in [1.165, 1.54) is 11.8 Å². The van der Waals surface area contributed by atoms with Crippen molar-refractivity contribution < 1.29 is 14.3 Å². The number of aryl methyl sites for hydroxylation is 2. The van der Waals surface area contributed by atoms with Gasteiger partial charge in [-0.3, -0.25) is 4.79 Å². The van der Waals surface area contributed by atoms with Gasteiger partial charge in [-0.1, -0.05) is 54.2 Å². The Morgan fingerprint density at radius 2 is 1.62 bits per heavy atom. The topological polar surface area (TPSA) is 84.2 Å². The van der Waals surface area contributed by atoms with Crippen LogP contribution in [0.2, 0.25) is 0 Å². The van der Waals surface area contributed by atoms with Crippen molar-refractivity contribution >= 4 is 23.4 Å². The van der Waals surface area contributed by atoms with E-state index in [0.29, 0.717) is 33.3 Å². The van der Waals surface area contributed by atoms with Gasteiger partial charge in [-0.2, -0.15) is 5.26 Å². The van der Waals surface area contributed by atoms with Gasteiger partial charge in [0.2, 0.25) is 5.91 Å². The van der Waals surface area contributed by atoms with Gasteiger partial charge < -0.3 is 14.8 Å². The van der Waals surface area contributed by atoms with Crippen LogP contribution in [0, 0.1) is 25.2 Å². The lowest BCUT2D eigenvalue weighted by Crippen LogP contribution is -2.14. The van der Waals surface area contributed by atoms with Gasteiger partial charge in [0.05, 0.1) is 31.2 Å². The van der Waals surface area contributed by atoms with E-state index in [-0.39, 0.29) is 11.7 Å². The predicted octanol–water partition coefficient (Wildman–Crippen LogP) is 6.65. The lowest BCUT2D eigenvalue weighted by atomic mass is 9.99. The normalized spacial score (nSPS) is 10.5. The molecule has 0 aliphatic rings. The summed E-state index contributed by atoms with van der Waals surface area (Å²) in [6, 6.07) is 25.4. The fraction of sp³-hybridized carbons (Fsp3) is 0.167. The van der Waals surface area contributed by atoms with Gasteiger partial charge in [0, 0.05) is 16.8 Å². The third-order valence-corrected chi connectivity index (χ3v) is 6.68. The summed E-state index contributed by atoms with van der Waals surface area (Å²) in [6.45, 7) is 3.98. The molecule has 1 heterocycles. The average Bonchev–Trinajstić information content (AvgIpc) is 2.90. The fourth-order valence-electron chi connectivity index (χ4n) is 4.10. The third kappa shape index (κ3) is 6.11. The molecule has 4 rings (SSSR count). The first-order valence-electron chi connectivity index (χ1n) is 11.7. The molecule has 0 atom stereocenters. The van der Waals surface area contributed by atoms with Crippen molar-refractivity contribution in [3.8, 4) is 40.0 Å². The second-order valence-electron chi connectivity index (χ2n) is 8.50. The van der Waals surface area contributed by atoms with Gasteiger partial charge in [-0.25, -0.2) is 4.98 Å². The molecule has 0 saturated carbocycles. The van der Waals surface area contributed by atoms with Crippen molar-refractivity contribution in [3.05, 3.63) is 89.5 Å². The number of aromatic nitrogens is 1. The van der Waals surface area contributed by atoms with Crippen molar-refractivity contribution in [3.63, 3.8) is 0 Å². The first-order chi connectivity index (χ1) is 17.9. The van der Waals surface area contributed by atoms with Crippen LogP contribution in [0.25, 0.3) is 22.4 Å². The van der Waals surface area contributed by atoms with Crippen LogP contribution >= 0.6 is 11.8 Å². The second-order valence-corrected chi connectivity index (χ2v) is 9.46. The average molecular weight is 510 g/mol. The Hall–Kier alpha value is -4.28. The minimum absolute atomic E-state index is 0.109. The number of thioether (sulfide) groups is 1. The predicted molar refractivity (Wildman–Crippen MR) is 148 cm³/mol. The monoisotopic (exact) mass is 509 g/mol. The minimum atomic E-state index is -0.168. The first-order valence-corrected chi connectivity index (χ1v) is 12.6. The lowest BCUT2D eigenvalue weighted by Gasteiger charge is -2.14. The Morgan fingerprint density at radius 1 is 0.919 bits per heavy atom. The van der Waals surface area contributed by atoms with Crippen molar-refractivity contribution in [2.45, 2.75) is 18.9 Å². The SMILES string of the molecule is COc1ccc(-c2cc(-c3ccccc3)nc(SCC(=O)Nc3cc(C)cc(C)c3)c2C#N)cc1OC. The van der Waals surface area contributed by atoms with Crippen molar-refractivity contribution in [1.29, 1.82) is 5.26 Å². The minimum Gasteiger partial charge on any atom is -0.493 e. The van der Waals surface area contributed by atoms with Crippen LogP contribution in [0.15, 0.2) is 77.8 Å². The summed E-state index contributed by atoms with van der Waals surface area (Å²) in [7, 11) is 3.15. The van der Waals surface area contributed by atoms with Crippen LogP contribution in [0.1, 0.15) is 16.7 Å². The number of hydrogen-bond donors (Lipinski definition) is 1. The number of amides is 1. The zero-order valence-corrected chi connectivity index (χ0v) is 22.0. The molecule has 7 heteroatoms. The van der Waals surface area contributed by atoms with Crippen molar-refractivity contribution in [1.82, 2.24) is 4.98 Å². The molecular formula is C30H27N3O3S. The van der Waals surface area contributed by atoms with E-state index in [1.807, 2.05) is 80.6 Å². The maximum absolute atomic E-state index is 12.8. The van der Waals surface area contributed by atoms with Crippen LogP contribution in [0.3, 0.4) is 0 Å². The van der Waals surface area contributed by atoms with E-state index in [9.17, 15) is 10.1 Å². The molecule has 1 amide bonds. The molecular weight excluding hydrogens is 482 g/mol. The Bertz CT molecular complexity index is 1460. The molecule has 0 unspecified atom stereocenters. The molecule has 1 aromatic heterocycles. The lowest BCUT2D eigenvalue weighted by molar-refractivity contribution is -0.113. The Kier molecular flexibility index (Phi) is 8.11. The number of nitrogens with one attached hydrogen (secondary N) is 1. The summed E-state index contributed by atoms with van der Waals surface area (Å²) in [5, 5.41) is 13.6. The number of rotatable bonds is 8. The highest BCUT2D eigenvalue weighted by Crippen LogP contribution is 2.38. The number of pyridine rings is 1. The number of hydrogen-bond acceptors (Lipinski definition) is 6. The molecule has 0 fully saturated rings. The number of benzene rings is 3. The standard InChI is InChI=1S/C30H27N3O3S/c1-19-12-20(2)14-23(13-19)32-29(34)18-37-30-25(17-31)24(16-26(33-30)21-8-6-5-7-9-21)22-10-11-27(35-3)28(15-22)36-4/h5-16H,18H2,1-4H3,(H,32,34). The van der Waals surface area contributed by atoms with E-state index in [1.54, 1.807) is 14.2 Å². The first kappa shape index (κ1) is 25.8. The molecule has 186 valence electrons. The number of anilines is 1. The van der Waals surface area contributed by atoms with E-state index in [0.717, 1.165) is 27.9 Å². The highest BCUT2D eigenvalue weighted by Gasteiger charge is 2.18. The summed E-state index contributed by atoms with van der Waals surface area (Å²) >= 11 is 1.24. The third-order valence-electron chi connectivity index (χ3n) is 5.71. The van der Waals surface area contributed by atoms with Gasteiger partial charge in [-0.15, -0.1) is 0 Å². The van der Waals surface area contributed by atoms with Gasteiger partial charge in [0.15, 0.2) is 11.5 Å². The highest BCUT2D eigenvalue weighted by atomic mass is 32.2. The Balaban J connectivity index is 1.72. The van der Waals surface area contributed by atoms with Gasteiger partial charge in [0.25, 0.3) is 0 Å². The summed E-state index contributed by atoms with van der Waals surface area (Å²) in [6.07, 6.45) is 0. The quantitative estimate of drug-likeness (QED) is 0.268. The molecule has 3 aromatic carbocycles. The second kappa shape index (κ2) is 11.6. The molecule has 0 bridgehead atoms.